The van der Waals surface area contributed by atoms with Crippen molar-refractivity contribution in [2.45, 2.75) is 59.4 Å². The molecule has 0 amide bonds. The van der Waals surface area contributed by atoms with Gasteiger partial charge >= 0.3 is 0 Å². The lowest BCUT2D eigenvalue weighted by atomic mass is 9.69. The maximum Gasteiger partial charge on any atom is 0.0701 e. The van der Waals surface area contributed by atoms with Crippen LogP contribution in [0.15, 0.2) is 15.9 Å². The highest BCUT2D eigenvalue weighted by atomic mass is 79.9. The Balaban J connectivity index is 2.00. The fraction of sp³-hybridized carbons (Fsp3) is 0.778. The van der Waals surface area contributed by atoms with Gasteiger partial charge in [0.25, 0.3) is 0 Å². The Labute approximate surface area is 143 Å². The number of hydrogen-bond acceptors (Lipinski definition) is 2. The van der Waals surface area contributed by atoms with Gasteiger partial charge in [0.15, 0.2) is 0 Å². The molecule has 0 bridgehead atoms. The molecular weight excluding hydrogens is 342 g/mol. The molecule has 1 aliphatic rings. The zero-order valence-electron chi connectivity index (χ0n) is 13.9. The minimum atomic E-state index is 0.601. The molecule has 1 N–H and O–H groups in total. The Kier molecular flexibility index (Phi) is 6.77. The van der Waals surface area contributed by atoms with Crippen LogP contribution in [0.3, 0.4) is 0 Å². The van der Waals surface area contributed by atoms with E-state index in [9.17, 15) is 0 Å². The molecule has 3 atom stereocenters. The quantitative estimate of drug-likeness (QED) is 0.671. The first-order valence-electron chi connectivity index (χ1n) is 8.43. The monoisotopic (exact) mass is 371 g/mol. The van der Waals surface area contributed by atoms with Gasteiger partial charge in [-0.3, -0.25) is 0 Å². The van der Waals surface area contributed by atoms with Crippen LogP contribution >= 0.6 is 27.3 Å². The molecule has 1 fully saturated rings. The van der Waals surface area contributed by atoms with E-state index >= 15 is 0 Å². The molecule has 120 valence electrons. The number of thiophene rings is 1. The minimum absolute atomic E-state index is 0.601. The largest absolute Gasteiger partial charge is 0.314 e. The average Bonchev–Trinajstić information content (AvgIpc) is 2.82. The molecule has 3 unspecified atom stereocenters. The molecule has 0 aromatic carbocycles. The van der Waals surface area contributed by atoms with E-state index in [-0.39, 0.29) is 0 Å². The summed E-state index contributed by atoms with van der Waals surface area (Å²) in [7, 11) is 0. The van der Waals surface area contributed by atoms with Gasteiger partial charge in [-0.2, -0.15) is 0 Å². The fourth-order valence-electron chi connectivity index (χ4n) is 3.59. The van der Waals surface area contributed by atoms with Gasteiger partial charge in [0.2, 0.25) is 0 Å². The molecule has 21 heavy (non-hydrogen) atoms. The molecule has 0 spiro atoms. The Bertz CT molecular complexity index is 427. The number of halogens is 1. The second kappa shape index (κ2) is 8.12. The van der Waals surface area contributed by atoms with E-state index < -0.39 is 0 Å². The van der Waals surface area contributed by atoms with Crippen LogP contribution in [0.2, 0.25) is 0 Å². The van der Waals surface area contributed by atoms with Crippen LogP contribution in [0.5, 0.6) is 0 Å². The summed E-state index contributed by atoms with van der Waals surface area (Å²) in [6, 6.07) is 5.11. The van der Waals surface area contributed by atoms with Gasteiger partial charge in [-0.1, -0.05) is 27.7 Å². The lowest BCUT2D eigenvalue weighted by Crippen LogP contribution is -2.37. The standard InChI is InChI=1S/C18H30BrNS/c1-12(2)14-5-6-15(11-20-13(3)4)16(9-14)10-17-7-8-18(19)21-17/h7-8,12-16,20H,5-6,9-11H2,1-4H3. The van der Waals surface area contributed by atoms with Crippen LogP contribution < -0.4 is 5.32 Å². The third-order valence-electron chi connectivity index (χ3n) is 5.00. The molecule has 1 aromatic rings. The molecular formula is C18H30BrNS. The zero-order chi connectivity index (χ0) is 15.4. The first kappa shape index (κ1) is 17.5. The van der Waals surface area contributed by atoms with E-state index in [4.69, 9.17) is 0 Å². The third-order valence-corrected chi connectivity index (χ3v) is 6.65. The maximum atomic E-state index is 3.67. The van der Waals surface area contributed by atoms with E-state index in [0.717, 1.165) is 23.7 Å². The number of nitrogens with one attached hydrogen (secondary N) is 1. The van der Waals surface area contributed by atoms with Gasteiger partial charge in [0.05, 0.1) is 3.79 Å². The summed E-state index contributed by atoms with van der Waals surface area (Å²) >= 11 is 5.52. The second-order valence-electron chi connectivity index (χ2n) is 7.31. The summed E-state index contributed by atoms with van der Waals surface area (Å²) in [4.78, 5) is 1.55. The lowest BCUT2D eigenvalue weighted by Gasteiger charge is -2.38. The topological polar surface area (TPSA) is 12.0 Å². The summed E-state index contributed by atoms with van der Waals surface area (Å²) in [6.07, 6.45) is 5.51. The zero-order valence-corrected chi connectivity index (χ0v) is 16.3. The van der Waals surface area contributed by atoms with Crippen LogP contribution in [-0.4, -0.2) is 12.6 Å². The van der Waals surface area contributed by atoms with Crippen molar-refractivity contribution in [2.75, 3.05) is 6.54 Å². The first-order chi connectivity index (χ1) is 9.95. The number of rotatable bonds is 6. The molecule has 1 nitrogen and oxygen atoms in total. The van der Waals surface area contributed by atoms with Crippen molar-refractivity contribution >= 4 is 27.3 Å². The van der Waals surface area contributed by atoms with Crippen molar-refractivity contribution in [3.05, 3.63) is 20.8 Å². The molecule has 2 rings (SSSR count). The predicted octanol–water partition coefficient (Wildman–Crippen LogP) is 5.74. The van der Waals surface area contributed by atoms with E-state index in [2.05, 4.69) is 61.1 Å². The summed E-state index contributed by atoms with van der Waals surface area (Å²) in [5.41, 5.74) is 0. The Morgan fingerprint density at radius 1 is 1.19 bits per heavy atom. The predicted molar refractivity (Wildman–Crippen MR) is 98.0 cm³/mol. The molecule has 1 aliphatic carbocycles. The van der Waals surface area contributed by atoms with Crippen LogP contribution in [-0.2, 0) is 6.42 Å². The minimum Gasteiger partial charge on any atom is -0.314 e. The van der Waals surface area contributed by atoms with Gasteiger partial charge in [0, 0.05) is 10.9 Å². The third kappa shape index (κ3) is 5.37. The average molecular weight is 372 g/mol. The SMILES string of the molecule is CC(C)NCC1CCC(C(C)C)CC1Cc1ccc(Br)s1. The van der Waals surface area contributed by atoms with Gasteiger partial charge in [0.1, 0.15) is 0 Å². The smallest absolute Gasteiger partial charge is 0.0701 e. The summed E-state index contributed by atoms with van der Waals surface area (Å²) in [5.74, 6) is 3.46. The van der Waals surface area contributed by atoms with Crippen molar-refractivity contribution in [1.29, 1.82) is 0 Å². The second-order valence-corrected chi connectivity index (χ2v) is 9.86. The van der Waals surface area contributed by atoms with Crippen LogP contribution in [0.1, 0.15) is 51.8 Å². The van der Waals surface area contributed by atoms with E-state index in [1.807, 2.05) is 11.3 Å². The van der Waals surface area contributed by atoms with Crippen molar-refractivity contribution in [2.24, 2.45) is 23.7 Å². The normalized spacial score (nSPS) is 26.7. The summed E-state index contributed by atoms with van der Waals surface area (Å²) in [5, 5.41) is 3.67. The van der Waals surface area contributed by atoms with Crippen LogP contribution in [0, 0.1) is 23.7 Å². The molecule has 1 saturated carbocycles. The van der Waals surface area contributed by atoms with E-state index in [0.29, 0.717) is 6.04 Å². The lowest BCUT2D eigenvalue weighted by molar-refractivity contribution is 0.143. The first-order valence-corrected chi connectivity index (χ1v) is 10.0. The highest BCUT2D eigenvalue weighted by Gasteiger charge is 2.31. The highest BCUT2D eigenvalue weighted by molar-refractivity contribution is 9.11. The van der Waals surface area contributed by atoms with E-state index in [1.54, 1.807) is 4.88 Å². The van der Waals surface area contributed by atoms with E-state index in [1.165, 1.54) is 36.0 Å². The Morgan fingerprint density at radius 2 is 1.95 bits per heavy atom. The van der Waals surface area contributed by atoms with Gasteiger partial charge in [-0.15, -0.1) is 11.3 Å². The molecule has 0 aliphatic heterocycles. The molecule has 1 aromatic heterocycles. The van der Waals surface area contributed by atoms with Gasteiger partial charge < -0.3 is 5.32 Å². The highest BCUT2D eigenvalue weighted by Crippen LogP contribution is 2.40. The molecule has 1 heterocycles. The Morgan fingerprint density at radius 3 is 2.52 bits per heavy atom. The fourth-order valence-corrected chi connectivity index (χ4v) is 5.17. The van der Waals surface area contributed by atoms with Crippen LogP contribution in [0.25, 0.3) is 0 Å². The molecule has 0 saturated heterocycles. The van der Waals surface area contributed by atoms with Gasteiger partial charge in [-0.05, 0) is 84.0 Å². The van der Waals surface area contributed by atoms with Gasteiger partial charge in [-0.25, -0.2) is 0 Å². The number of hydrogen-bond donors (Lipinski definition) is 1. The maximum absolute atomic E-state index is 3.67. The van der Waals surface area contributed by atoms with Crippen LogP contribution in [0.4, 0.5) is 0 Å². The van der Waals surface area contributed by atoms with Crippen molar-refractivity contribution in [3.63, 3.8) is 0 Å². The summed E-state index contributed by atoms with van der Waals surface area (Å²) in [6.45, 7) is 10.5. The molecule has 0 radical (unpaired) electrons. The van der Waals surface area contributed by atoms with Crippen molar-refractivity contribution in [3.8, 4) is 0 Å². The Hall–Kier alpha value is 0.140. The molecule has 3 heteroatoms. The summed E-state index contributed by atoms with van der Waals surface area (Å²) < 4.78 is 1.27. The van der Waals surface area contributed by atoms with Crippen molar-refractivity contribution in [1.82, 2.24) is 5.32 Å². The van der Waals surface area contributed by atoms with Crippen molar-refractivity contribution < 1.29 is 0 Å².